The topological polar surface area (TPSA) is 93.0 Å². The van der Waals surface area contributed by atoms with Crippen LogP contribution in [0.1, 0.15) is 37.6 Å². The van der Waals surface area contributed by atoms with Gasteiger partial charge in [0.25, 0.3) is 0 Å². The van der Waals surface area contributed by atoms with E-state index >= 15 is 0 Å². The molecule has 5 rings (SSSR count). The van der Waals surface area contributed by atoms with Crippen LogP contribution in [0, 0.1) is 6.92 Å². The minimum atomic E-state index is 0.410. The molecule has 1 saturated carbocycles. The van der Waals surface area contributed by atoms with Gasteiger partial charge in [-0.3, -0.25) is 9.58 Å². The summed E-state index contributed by atoms with van der Waals surface area (Å²) in [5.74, 6) is 1.41. The number of nitrogens with one attached hydrogen (secondary N) is 2. The van der Waals surface area contributed by atoms with Crippen molar-refractivity contribution in [3.8, 4) is 0 Å². The second kappa shape index (κ2) is 9.05. The zero-order valence-electron chi connectivity index (χ0n) is 18.2. The van der Waals surface area contributed by atoms with E-state index in [1.165, 1.54) is 12.8 Å². The molecule has 0 radical (unpaired) electrons. The van der Waals surface area contributed by atoms with Gasteiger partial charge in [-0.15, -0.1) is 0 Å². The molecule has 0 amide bonds. The molecule has 0 unspecified atom stereocenters. The zero-order chi connectivity index (χ0) is 21.2. The van der Waals surface area contributed by atoms with E-state index < -0.39 is 0 Å². The van der Waals surface area contributed by atoms with Gasteiger partial charge in [0.05, 0.1) is 30.1 Å². The molecule has 3 aromatic rings. The highest BCUT2D eigenvalue weighted by Gasteiger charge is 2.27. The molecule has 0 atom stereocenters. The van der Waals surface area contributed by atoms with Crippen LogP contribution in [0.25, 0.3) is 10.3 Å². The molecule has 1 saturated heterocycles. The Morgan fingerprint density at radius 3 is 2.68 bits per heavy atom. The molecule has 0 spiro atoms. The molecule has 0 aromatic carbocycles. The third kappa shape index (κ3) is 4.65. The first-order chi connectivity index (χ1) is 15.2. The van der Waals surface area contributed by atoms with Crippen molar-refractivity contribution < 1.29 is 4.74 Å². The lowest BCUT2D eigenvalue weighted by Gasteiger charge is -2.39. The Bertz CT molecular complexity index is 1020. The predicted octanol–water partition coefficient (Wildman–Crippen LogP) is 3.41. The molecule has 2 N–H and O–H groups in total. The lowest BCUT2D eigenvalue weighted by molar-refractivity contribution is 0.00791. The van der Waals surface area contributed by atoms with Crippen molar-refractivity contribution in [2.75, 3.05) is 36.9 Å². The highest BCUT2D eigenvalue weighted by atomic mass is 32.1. The Morgan fingerprint density at radius 1 is 1.13 bits per heavy atom. The van der Waals surface area contributed by atoms with E-state index in [9.17, 15) is 0 Å². The van der Waals surface area contributed by atoms with Crippen molar-refractivity contribution in [2.24, 2.45) is 0 Å². The van der Waals surface area contributed by atoms with E-state index in [-0.39, 0.29) is 0 Å². The first-order valence-electron chi connectivity index (χ1n) is 11.2. The van der Waals surface area contributed by atoms with Crippen LogP contribution < -0.4 is 10.6 Å². The van der Waals surface area contributed by atoms with Crippen LogP contribution in [0.15, 0.2) is 12.4 Å². The summed E-state index contributed by atoms with van der Waals surface area (Å²) in [6.07, 6.45) is 8.47. The highest BCUT2D eigenvalue weighted by Crippen LogP contribution is 2.31. The summed E-state index contributed by atoms with van der Waals surface area (Å²) in [6.45, 7) is 8.78. The van der Waals surface area contributed by atoms with E-state index in [0.717, 1.165) is 72.5 Å². The minimum absolute atomic E-state index is 0.410. The summed E-state index contributed by atoms with van der Waals surface area (Å²) in [4.78, 5) is 17.7. The molecule has 2 aliphatic rings. The fourth-order valence-electron chi connectivity index (χ4n) is 4.53. The van der Waals surface area contributed by atoms with Crippen molar-refractivity contribution in [3.05, 3.63) is 17.4 Å². The van der Waals surface area contributed by atoms with E-state index in [0.29, 0.717) is 18.0 Å². The van der Waals surface area contributed by atoms with Gasteiger partial charge in [0.1, 0.15) is 5.52 Å². The van der Waals surface area contributed by atoms with Crippen LogP contribution in [-0.2, 0) is 11.3 Å². The normalized spacial score (nSPS) is 22.6. The van der Waals surface area contributed by atoms with Gasteiger partial charge in [-0.2, -0.15) is 15.1 Å². The fraction of sp³-hybridized carbons (Fsp3) is 0.619. The Hall–Kier alpha value is -2.30. The number of aromatic nitrogens is 5. The maximum atomic E-state index is 5.51. The lowest BCUT2D eigenvalue weighted by atomic mass is 9.90. The second-order valence-corrected chi connectivity index (χ2v) is 9.47. The monoisotopic (exact) mass is 442 g/mol. The van der Waals surface area contributed by atoms with E-state index in [1.807, 2.05) is 17.8 Å². The van der Waals surface area contributed by atoms with Crippen LogP contribution in [0.2, 0.25) is 0 Å². The predicted molar refractivity (Wildman–Crippen MR) is 123 cm³/mol. The van der Waals surface area contributed by atoms with Crippen molar-refractivity contribution in [3.63, 3.8) is 0 Å². The summed E-state index contributed by atoms with van der Waals surface area (Å²) in [5.41, 5.74) is 1.76. The van der Waals surface area contributed by atoms with E-state index in [2.05, 4.69) is 27.6 Å². The molecule has 1 aliphatic carbocycles. The molecule has 3 aromatic heterocycles. The number of hydrogen-bond donors (Lipinski definition) is 2. The largest absolute Gasteiger partial charge is 0.379 e. The van der Waals surface area contributed by atoms with Gasteiger partial charge in [0.2, 0.25) is 5.95 Å². The number of fused-ring (bicyclic) bond motifs is 1. The van der Waals surface area contributed by atoms with Gasteiger partial charge >= 0.3 is 0 Å². The van der Waals surface area contributed by atoms with Crippen molar-refractivity contribution >= 4 is 39.1 Å². The third-order valence-corrected chi connectivity index (χ3v) is 7.04. The summed E-state index contributed by atoms with van der Waals surface area (Å²) in [5, 5.41) is 12.3. The lowest BCUT2D eigenvalue weighted by Crippen LogP contribution is -2.46. The smallest absolute Gasteiger partial charge is 0.230 e. The average molecular weight is 443 g/mol. The summed E-state index contributed by atoms with van der Waals surface area (Å²) in [7, 11) is 0. The van der Waals surface area contributed by atoms with Gasteiger partial charge in [0.15, 0.2) is 10.6 Å². The second-order valence-electron chi connectivity index (χ2n) is 8.29. The van der Waals surface area contributed by atoms with Crippen LogP contribution in [0.5, 0.6) is 0 Å². The SMILES string of the molecule is CCn1cc(Nc2nc(NC3CCC(N4CCOCC4)CC3)c3nc(C)sc3n2)cn1. The maximum absolute atomic E-state index is 5.51. The molecular formula is C21H30N8OS. The molecule has 9 nitrogen and oxygen atoms in total. The molecule has 10 heteroatoms. The van der Waals surface area contributed by atoms with Gasteiger partial charge < -0.3 is 15.4 Å². The Labute approximate surface area is 186 Å². The van der Waals surface area contributed by atoms with Gasteiger partial charge in [0, 0.05) is 37.9 Å². The number of hydrogen-bond acceptors (Lipinski definition) is 9. The first kappa shape index (κ1) is 20.6. The third-order valence-electron chi connectivity index (χ3n) is 6.18. The average Bonchev–Trinajstić information content (AvgIpc) is 3.40. The molecule has 0 bridgehead atoms. The Balaban J connectivity index is 1.30. The standard InChI is InChI=1S/C21H30N8OS/c1-3-29-13-16(12-22-29)25-21-26-19(18-20(27-21)31-14(2)23-18)24-15-4-6-17(7-5-15)28-8-10-30-11-9-28/h12-13,15,17H,3-11H2,1-2H3,(H2,24,25,26,27). The summed E-state index contributed by atoms with van der Waals surface area (Å²) in [6, 6.07) is 1.09. The van der Waals surface area contributed by atoms with Gasteiger partial charge in [-0.05, 0) is 39.5 Å². The van der Waals surface area contributed by atoms with Crippen molar-refractivity contribution in [1.82, 2.24) is 29.6 Å². The highest BCUT2D eigenvalue weighted by molar-refractivity contribution is 7.18. The van der Waals surface area contributed by atoms with E-state index in [4.69, 9.17) is 19.7 Å². The van der Waals surface area contributed by atoms with Crippen LogP contribution in [0.4, 0.5) is 17.5 Å². The number of thiazole rings is 1. The number of rotatable bonds is 6. The van der Waals surface area contributed by atoms with Crippen molar-refractivity contribution in [1.29, 1.82) is 0 Å². The van der Waals surface area contributed by atoms with Gasteiger partial charge in [-0.25, -0.2) is 4.98 Å². The fourth-order valence-corrected chi connectivity index (χ4v) is 5.32. The molecular weight excluding hydrogens is 412 g/mol. The molecule has 1 aliphatic heterocycles. The Kier molecular flexibility index (Phi) is 6.02. The molecule has 4 heterocycles. The zero-order valence-corrected chi connectivity index (χ0v) is 19.0. The Morgan fingerprint density at radius 2 is 1.94 bits per heavy atom. The molecule has 31 heavy (non-hydrogen) atoms. The van der Waals surface area contributed by atoms with Gasteiger partial charge in [-0.1, -0.05) is 11.3 Å². The van der Waals surface area contributed by atoms with Crippen LogP contribution in [0.3, 0.4) is 0 Å². The number of morpholine rings is 1. The van der Waals surface area contributed by atoms with E-state index in [1.54, 1.807) is 17.5 Å². The number of anilines is 3. The number of aryl methyl sites for hydroxylation is 2. The summed E-state index contributed by atoms with van der Waals surface area (Å²) < 4.78 is 7.39. The quantitative estimate of drug-likeness (QED) is 0.600. The van der Waals surface area contributed by atoms with Crippen LogP contribution >= 0.6 is 11.3 Å². The molecule has 2 fully saturated rings. The van der Waals surface area contributed by atoms with Crippen LogP contribution in [-0.4, -0.2) is 68.0 Å². The van der Waals surface area contributed by atoms with Crippen molar-refractivity contribution in [2.45, 2.75) is 58.2 Å². The molecule has 166 valence electrons. The number of nitrogens with zero attached hydrogens (tertiary/aromatic N) is 6. The number of ether oxygens (including phenoxy) is 1. The minimum Gasteiger partial charge on any atom is -0.379 e. The first-order valence-corrected chi connectivity index (χ1v) is 12.0. The maximum Gasteiger partial charge on any atom is 0.230 e. The summed E-state index contributed by atoms with van der Waals surface area (Å²) >= 11 is 1.60.